The lowest BCUT2D eigenvalue weighted by Gasteiger charge is -2.25. The van der Waals surface area contributed by atoms with E-state index in [0.29, 0.717) is 36.5 Å². The Morgan fingerprint density at radius 1 is 1.34 bits per heavy atom. The lowest BCUT2D eigenvalue weighted by atomic mass is 10.1. The molecule has 1 N–H and O–H groups in total. The molecule has 2 aromatic rings. The van der Waals surface area contributed by atoms with Crippen molar-refractivity contribution in [3.63, 3.8) is 0 Å². The number of carbonyl (C=O) groups is 2. The van der Waals surface area contributed by atoms with Gasteiger partial charge in [0.25, 0.3) is 12.3 Å². The molecule has 172 valence electrons. The van der Waals surface area contributed by atoms with Crippen molar-refractivity contribution in [3.8, 4) is 5.88 Å². The van der Waals surface area contributed by atoms with Gasteiger partial charge in [-0.3, -0.25) is 14.6 Å². The van der Waals surface area contributed by atoms with E-state index in [0.717, 1.165) is 11.1 Å². The highest BCUT2D eigenvalue weighted by atomic mass is 19.3. The molecule has 3 heterocycles. The number of aryl methyl sites for hydroxylation is 1. The predicted molar refractivity (Wildman–Crippen MR) is 112 cm³/mol. The lowest BCUT2D eigenvalue weighted by Crippen LogP contribution is -2.29. The van der Waals surface area contributed by atoms with Crippen molar-refractivity contribution >= 4 is 11.8 Å². The van der Waals surface area contributed by atoms with Crippen LogP contribution in [0.1, 0.15) is 45.7 Å². The van der Waals surface area contributed by atoms with Gasteiger partial charge in [-0.15, -0.1) is 0 Å². The highest BCUT2D eigenvalue weighted by Gasteiger charge is 2.34. The van der Waals surface area contributed by atoms with E-state index in [1.807, 2.05) is 6.92 Å². The first kappa shape index (κ1) is 23.5. The van der Waals surface area contributed by atoms with Gasteiger partial charge in [-0.1, -0.05) is 0 Å². The number of hydrogen-bond donors (Lipinski definition) is 1. The molecule has 1 atom stereocenters. The first-order chi connectivity index (χ1) is 15.3. The molecule has 0 aliphatic carbocycles. The summed E-state index contributed by atoms with van der Waals surface area (Å²) >= 11 is 0. The Labute approximate surface area is 184 Å². The molecular formula is C22H26F2N4O4. The topological polar surface area (TPSA) is 93.7 Å². The van der Waals surface area contributed by atoms with E-state index in [2.05, 4.69) is 15.3 Å². The molecule has 0 spiro atoms. The number of methoxy groups -OCH3 is 1. The zero-order chi connectivity index (χ0) is 23.3. The number of amides is 2. The first-order valence-corrected chi connectivity index (χ1v) is 10.2. The molecule has 1 unspecified atom stereocenters. The molecule has 0 saturated carbocycles. The van der Waals surface area contributed by atoms with Crippen molar-refractivity contribution in [1.82, 2.24) is 20.2 Å². The van der Waals surface area contributed by atoms with E-state index in [1.165, 1.54) is 12.4 Å². The quantitative estimate of drug-likeness (QED) is 0.562. The van der Waals surface area contributed by atoms with E-state index in [1.54, 1.807) is 31.1 Å². The van der Waals surface area contributed by atoms with E-state index in [9.17, 15) is 18.4 Å². The number of nitrogens with zero attached hydrogens (tertiary/aromatic N) is 3. The average Bonchev–Trinajstić information content (AvgIpc) is 3.10. The van der Waals surface area contributed by atoms with Gasteiger partial charge in [0.2, 0.25) is 11.8 Å². The van der Waals surface area contributed by atoms with Crippen LogP contribution in [0.25, 0.3) is 0 Å². The molecular weight excluding hydrogens is 422 g/mol. The number of pyridine rings is 2. The molecule has 2 aromatic heterocycles. The number of hydrogen-bond acceptors (Lipinski definition) is 6. The molecule has 0 saturated heterocycles. The Hall–Kier alpha value is -3.14. The molecule has 3 rings (SSSR count). The van der Waals surface area contributed by atoms with Crippen LogP contribution in [0.2, 0.25) is 0 Å². The molecule has 8 nitrogen and oxygen atoms in total. The number of fused-ring (bicyclic) bond motifs is 1. The van der Waals surface area contributed by atoms with Gasteiger partial charge in [-0.05, 0) is 31.5 Å². The molecule has 0 radical (unpaired) electrons. The minimum atomic E-state index is -2.58. The fourth-order valence-electron chi connectivity index (χ4n) is 3.57. The summed E-state index contributed by atoms with van der Waals surface area (Å²) in [6.07, 6.45) is 0.542. The Kier molecular flexibility index (Phi) is 7.68. The number of alkyl halides is 2. The second-order valence-corrected chi connectivity index (χ2v) is 7.51. The summed E-state index contributed by atoms with van der Waals surface area (Å²) in [6.45, 7) is 3.98. The normalized spacial score (nSPS) is 13.9. The molecule has 0 fully saturated rings. The van der Waals surface area contributed by atoms with Gasteiger partial charge in [0.1, 0.15) is 0 Å². The van der Waals surface area contributed by atoms with Crippen LogP contribution < -0.4 is 10.1 Å². The summed E-state index contributed by atoms with van der Waals surface area (Å²) in [5.74, 6) is -0.212. The summed E-state index contributed by atoms with van der Waals surface area (Å²) in [5.41, 5.74) is 3.17. The zero-order valence-electron chi connectivity index (χ0n) is 18.2. The fraction of sp³-hybridized carbons (Fsp3) is 0.455. The minimum Gasteiger partial charge on any atom is -0.471 e. The second-order valence-electron chi connectivity index (χ2n) is 7.51. The van der Waals surface area contributed by atoms with E-state index >= 15 is 0 Å². The number of carbonyl (C=O) groups excluding carboxylic acids is 2. The third kappa shape index (κ3) is 5.37. The number of halogens is 2. The molecule has 0 bridgehead atoms. The number of ether oxygens (including phenoxy) is 2. The van der Waals surface area contributed by atoms with Crippen LogP contribution in [-0.2, 0) is 22.5 Å². The Morgan fingerprint density at radius 2 is 2.12 bits per heavy atom. The fourth-order valence-corrected chi connectivity index (χ4v) is 3.57. The average molecular weight is 448 g/mol. The third-order valence-electron chi connectivity index (χ3n) is 5.27. The van der Waals surface area contributed by atoms with Crippen molar-refractivity contribution in [1.29, 1.82) is 0 Å². The van der Waals surface area contributed by atoms with Gasteiger partial charge in [0.05, 0.1) is 24.8 Å². The Morgan fingerprint density at radius 3 is 2.81 bits per heavy atom. The summed E-state index contributed by atoms with van der Waals surface area (Å²) in [6, 6.07) is 3.10. The van der Waals surface area contributed by atoms with Crippen LogP contribution in [-0.4, -0.2) is 60.0 Å². The standard InChI is InChI=1S/C22H26F2N4O4/c1-13-8-15(10-27-21(13)32-12-19(23)24)14(2)28-11-17-16(22(28)30)4-5-25-18(17)9-20(29)26-6-7-31-3/h4-5,8,10,14,19H,6-7,9,11-12H2,1-3H3,(H,26,29). The van der Waals surface area contributed by atoms with Crippen LogP contribution in [0.3, 0.4) is 0 Å². The summed E-state index contributed by atoms with van der Waals surface area (Å²) in [7, 11) is 1.56. The largest absolute Gasteiger partial charge is 0.471 e. The minimum absolute atomic E-state index is 0.0687. The van der Waals surface area contributed by atoms with Gasteiger partial charge >= 0.3 is 0 Å². The van der Waals surface area contributed by atoms with Crippen molar-refractivity contribution in [2.24, 2.45) is 0 Å². The van der Waals surface area contributed by atoms with E-state index in [4.69, 9.17) is 9.47 Å². The van der Waals surface area contributed by atoms with Gasteiger partial charge in [0.15, 0.2) is 6.61 Å². The van der Waals surface area contributed by atoms with E-state index in [-0.39, 0.29) is 30.2 Å². The van der Waals surface area contributed by atoms with Gasteiger partial charge in [-0.25, -0.2) is 13.8 Å². The molecule has 1 aliphatic rings. The van der Waals surface area contributed by atoms with Crippen LogP contribution in [0.15, 0.2) is 24.5 Å². The lowest BCUT2D eigenvalue weighted by molar-refractivity contribution is -0.120. The first-order valence-electron chi connectivity index (χ1n) is 10.2. The summed E-state index contributed by atoms with van der Waals surface area (Å²) in [5, 5.41) is 2.75. The van der Waals surface area contributed by atoms with Gasteiger partial charge in [-0.2, -0.15) is 0 Å². The Bertz CT molecular complexity index is 986. The molecule has 32 heavy (non-hydrogen) atoms. The van der Waals surface area contributed by atoms with Crippen molar-refractivity contribution in [3.05, 3.63) is 52.5 Å². The number of nitrogens with one attached hydrogen (secondary N) is 1. The van der Waals surface area contributed by atoms with Crippen LogP contribution in [0.4, 0.5) is 8.78 Å². The summed E-state index contributed by atoms with van der Waals surface area (Å²) < 4.78 is 34.7. The SMILES string of the molecule is COCCNC(=O)Cc1nccc2c1CN(C(C)c1cnc(OCC(F)F)c(C)c1)C2=O. The monoisotopic (exact) mass is 448 g/mol. The maximum atomic E-state index is 13.0. The van der Waals surface area contributed by atoms with Crippen molar-refractivity contribution in [2.45, 2.75) is 39.3 Å². The third-order valence-corrected chi connectivity index (χ3v) is 5.27. The van der Waals surface area contributed by atoms with Gasteiger partial charge < -0.3 is 19.7 Å². The number of rotatable bonds is 10. The van der Waals surface area contributed by atoms with Crippen LogP contribution >= 0.6 is 0 Å². The summed E-state index contributed by atoms with van der Waals surface area (Å²) in [4.78, 5) is 35.4. The highest BCUT2D eigenvalue weighted by molar-refractivity contribution is 5.99. The number of aromatic nitrogens is 2. The maximum absolute atomic E-state index is 13.0. The molecule has 10 heteroatoms. The highest BCUT2D eigenvalue weighted by Crippen LogP contribution is 2.33. The molecule has 1 aliphatic heterocycles. The molecule has 0 aromatic carbocycles. The predicted octanol–water partition coefficient (Wildman–Crippen LogP) is 2.45. The maximum Gasteiger partial charge on any atom is 0.272 e. The molecule has 2 amide bonds. The second kappa shape index (κ2) is 10.4. The van der Waals surface area contributed by atoms with Crippen molar-refractivity contribution < 1.29 is 27.8 Å². The van der Waals surface area contributed by atoms with Gasteiger partial charge in [0, 0.05) is 49.3 Å². The van der Waals surface area contributed by atoms with Crippen molar-refractivity contribution in [2.75, 3.05) is 26.9 Å². The van der Waals surface area contributed by atoms with E-state index < -0.39 is 13.0 Å². The Balaban J connectivity index is 1.73. The van der Waals surface area contributed by atoms with Crippen LogP contribution in [0.5, 0.6) is 5.88 Å². The smallest absolute Gasteiger partial charge is 0.272 e. The zero-order valence-corrected chi connectivity index (χ0v) is 18.2. The van der Waals surface area contributed by atoms with Crippen LogP contribution in [0, 0.1) is 6.92 Å².